The zero-order valence-corrected chi connectivity index (χ0v) is 13.8. The van der Waals surface area contributed by atoms with Crippen molar-refractivity contribution in [2.75, 3.05) is 13.1 Å². The fraction of sp³-hybridized carbons (Fsp3) is 0.882. The number of amides is 2. The van der Waals surface area contributed by atoms with Crippen LogP contribution in [0.25, 0.3) is 0 Å². The third-order valence-corrected chi connectivity index (χ3v) is 6.86. The fourth-order valence-corrected chi connectivity index (χ4v) is 5.95. The summed E-state index contributed by atoms with van der Waals surface area (Å²) in [6, 6.07) is -0.496. The van der Waals surface area contributed by atoms with Gasteiger partial charge in [0.1, 0.15) is 0 Å². The van der Waals surface area contributed by atoms with E-state index < -0.39 is 36.6 Å². The molecule has 0 spiro atoms. The maximum Gasteiger partial charge on any atom is 0.394 e. The highest BCUT2D eigenvalue weighted by Crippen LogP contribution is 2.53. The van der Waals surface area contributed by atoms with Gasteiger partial charge in [-0.1, -0.05) is 0 Å². The van der Waals surface area contributed by atoms with Crippen molar-refractivity contribution < 1.29 is 27.9 Å². The summed E-state index contributed by atoms with van der Waals surface area (Å²) in [7, 11) is 0. The van der Waals surface area contributed by atoms with Gasteiger partial charge in [-0.25, -0.2) is 4.79 Å². The number of carboxylic acids is 1. The molecule has 0 unspecified atom stereocenters. The lowest BCUT2D eigenvalue weighted by Crippen LogP contribution is -2.57. The Balaban J connectivity index is 1.42. The first-order chi connectivity index (χ1) is 11.7. The number of aliphatic carboxylic acids is 1. The molecule has 0 radical (unpaired) electrons. The molecule has 0 aromatic carbocycles. The minimum absolute atomic E-state index is 0.0357. The summed E-state index contributed by atoms with van der Waals surface area (Å²) in [5.74, 6) is -2.72. The van der Waals surface area contributed by atoms with E-state index in [0.29, 0.717) is 11.8 Å². The highest BCUT2D eigenvalue weighted by molar-refractivity contribution is 5.78. The molecule has 0 aromatic heterocycles. The van der Waals surface area contributed by atoms with Gasteiger partial charge in [-0.05, 0) is 55.8 Å². The maximum absolute atomic E-state index is 13.1. The standard InChI is InChI=1S/C17H23F3N2O3/c18-17(19,20)13-7-22(6-12(13)15(23)24)16(25)21-14-10-2-8-1-9(4-10)5-11(14)3-8/h8-14H,1-7H2,(H,21,25)(H,23,24)/t8?,9?,10?,11?,12-,13-,14?/m1/s1. The molecule has 2 amide bonds. The fourth-order valence-electron chi connectivity index (χ4n) is 5.95. The number of carboxylic acid groups (broad SMARTS) is 1. The molecule has 1 aliphatic heterocycles. The van der Waals surface area contributed by atoms with Gasteiger partial charge in [0.25, 0.3) is 0 Å². The molecule has 1 heterocycles. The third-order valence-electron chi connectivity index (χ3n) is 6.86. The Morgan fingerprint density at radius 3 is 1.96 bits per heavy atom. The summed E-state index contributed by atoms with van der Waals surface area (Å²) in [5, 5.41) is 12.0. The van der Waals surface area contributed by atoms with Gasteiger partial charge in [0.05, 0.1) is 11.8 Å². The molecule has 4 aliphatic carbocycles. The molecule has 5 aliphatic rings. The van der Waals surface area contributed by atoms with E-state index in [1.165, 1.54) is 6.42 Å². The quantitative estimate of drug-likeness (QED) is 0.796. The van der Waals surface area contributed by atoms with Crippen LogP contribution in [0, 0.1) is 35.5 Å². The van der Waals surface area contributed by atoms with Gasteiger partial charge in [0, 0.05) is 19.1 Å². The number of nitrogens with zero attached hydrogens (tertiary/aromatic N) is 1. The summed E-state index contributed by atoms with van der Waals surface area (Å²) in [4.78, 5) is 24.7. The van der Waals surface area contributed by atoms with Crippen LogP contribution in [0.1, 0.15) is 32.1 Å². The normalized spacial score (nSPS) is 42.7. The SMILES string of the molecule is O=C(O)[C@@H]1CN(C(=O)NC2C3CC4CC(C3)CC2C4)C[C@H]1C(F)(F)F. The Morgan fingerprint density at radius 1 is 0.960 bits per heavy atom. The van der Waals surface area contributed by atoms with Crippen molar-refractivity contribution in [3.63, 3.8) is 0 Å². The molecule has 5 rings (SSSR count). The molecular formula is C17H23F3N2O3. The number of hydrogen-bond acceptors (Lipinski definition) is 2. The number of carbonyl (C=O) groups is 2. The number of urea groups is 1. The van der Waals surface area contributed by atoms with E-state index in [4.69, 9.17) is 5.11 Å². The molecule has 8 heteroatoms. The second-order valence-corrected chi connectivity index (χ2v) is 8.40. The number of likely N-dealkylation sites (tertiary alicyclic amines) is 1. The zero-order chi connectivity index (χ0) is 17.9. The molecule has 5 fully saturated rings. The first-order valence-electron chi connectivity index (χ1n) is 9.07. The number of halogens is 3. The predicted octanol–water partition coefficient (Wildman–Crippen LogP) is 2.72. The summed E-state index contributed by atoms with van der Waals surface area (Å²) >= 11 is 0. The van der Waals surface area contributed by atoms with E-state index in [0.717, 1.165) is 42.4 Å². The zero-order valence-electron chi connectivity index (χ0n) is 13.8. The molecule has 1 saturated heterocycles. The first kappa shape index (κ1) is 17.0. The second-order valence-electron chi connectivity index (χ2n) is 8.40. The first-order valence-corrected chi connectivity index (χ1v) is 9.07. The molecule has 5 nitrogen and oxygen atoms in total. The molecule has 4 bridgehead atoms. The molecule has 140 valence electrons. The van der Waals surface area contributed by atoms with Crippen LogP contribution in [0.5, 0.6) is 0 Å². The average Bonchev–Trinajstić information content (AvgIpc) is 2.96. The van der Waals surface area contributed by atoms with Crippen molar-refractivity contribution in [1.82, 2.24) is 10.2 Å². The largest absolute Gasteiger partial charge is 0.481 e. The van der Waals surface area contributed by atoms with Crippen molar-refractivity contribution in [2.24, 2.45) is 35.5 Å². The minimum Gasteiger partial charge on any atom is -0.481 e. The van der Waals surface area contributed by atoms with Crippen LogP contribution in [0.2, 0.25) is 0 Å². The van der Waals surface area contributed by atoms with Gasteiger partial charge in [-0.3, -0.25) is 4.79 Å². The average molecular weight is 360 g/mol. The monoisotopic (exact) mass is 360 g/mol. The van der Waals surface area contributed by atoms with E-state index >= 15 is 0 Å². The molecule has 0 aromatic rings. The highest BCUT2D eigenvalue weighted by atomic mass is 19.4. The van der Waals surface area contributed by atoms with Gasteiger partial charge >= 0.3 is 18.2 Å². The van der Waals surface area contributed by atoms with E-state index in [9.17, 15) is 22.8 Å². The Bertz CT molecular complexity index is 552. The van der Waals surface area contributed by atoms with E-state index in [1.807, 2.05) is 0 Å². The third kappa shape index (κ3) is 2.97. The van der Waals surface area contributed by atoms with Gasteiger partial charge in [0.15, 0.2) is 0 Å². The van der Waals surface area contributed by atoms with Crippen molar-refractivity contribution in [3.8, 4) is 0 Å². The topological polar surface area (TPSA) is 69.6 Å². The van der Waals surface area contributed by atoms with E-state index in [1.54, 1.807) is 0 Å². The van der Waals surface area contributed by atoms with Crippen LogP contribution in [0.3, 0.4) is 0 Å². The summed E-state index contributed by atoms with van der Waals surface area (Å²) < 4.78 is 39.2. The van der Waals surface area contributed by atoms with Gasteiger partial charge in [-0.2, -0.15) is 13.2 Å². The summed E-state index contributed by atoms with van der Waals surface area (Å²) in [5.41, 5.74) is 0. The summed E-state index contributed by atoms with van der Waals surface area (Å²) in [6.45, 7) is -0.946. The maximum atomic E-state index is 13.1. The Labute approximate surface area is 143 Å². The van der Waals surface area contributed by atoms with Crippen LogP contribution < -0.4 is 5.32 Å². The van der Waals surface area contributed by atoms with Crippen molar-refractivity contribution in [3.05, 3.63) is 0 Å². The van der Waals surface area contributed by atoms with E-state index in [2.05, 4.69) is 5.32 Å². The van der Waals surface area contributed by atoms with Gasteiger partial charge in [-0.15, -0.1) is 0 Å². The van der Waals surface area contributed by atoms with Crippen molar-refractivity contribution >= 4 is 12.0 Å². The minimum atomic E-state index is -4.61. The van der Waals surface area contributed by atoms with Crippen LogP contribution >= 0.6 is 0 Å². The lowest BCUT2D eigenvalue weighted by atomic mass is 9.54. The number of alkyl halides is 3. The number of carbonyl (C=O) groups excluding carboxylic acids is 1. The number of hydrogen-bond donors (Lipinski definition) is 2. The van der Waals surface area contributed by atoms with Crippen LogP contribution in [0.15, 0.2) is 0 Å². The second kappa shape index (κ2) is 5.77. The van der Waals surface area contributed by atoms with Crippen LogP contribution in [-0.4, -0.2) is 47.3 Å². The van der Waals surface area contributed by atoms with Crippen LogP contribution in [0.4, 0.5) is 18.0 Å². The van der Waals surface area contributed by atoms with E-state index in [-0.39, 0.29) is 12.6 Å². The Kier molecular flexibility index (Phi) is 3.92. The smallest absolute Gasteiger partial charge is 0.394 e. The van der Waals surface area contributed by atoms with Crippen molar-refractivity contribution in [1.29, 1.82) is 0 Å². The molecular weight excluding hydrogens is 337 g/mol. The highest BCUT2D eigenvalue weighted by Gasteiger charge is 2.54. The number of nitrogens with one attached hydrogen (secondary N) is 1. The Morgan fingerprint density at radius 2 is 1.52 bits per heavy atom. The molecule has 25 heavy (non-hydrogen) atoms. The van der Waals surface area contributed by atoms with Crippen LogP contribution in [-0.2, 0) is 4.79 Å². The molecule has 2 N–H and O–H groups in total. The predicted molar refractivity (Wildman–Crippen MR) is 81.6 cm³/mol. The molecule has 2 atom stereocenters. The van der Waals surface area contributed by atoms with Gasteiger partial charge < -0.3 is 15.3 Å². The van der Waals surface area contributed by atoms with Crippen molar-refractivity contribution in [2.45, 2.75) is 44.3 Å². The summed E-state index contributed by atoms with van der Waals surface area (Å²) in [6.07, 6.45) is 1.07. The Hall–Kier alpha value is -1.47. The lowest BCUT2D eigenvalue weighted by Gasteiger charge is -2.54. The lowest BCUT2D eigenvalue weighted by molar-refractivity contribution is -0.187. The number of rotatable bonds is 2. The molecule has 4 saturated carbocycles. The van der Waals surface area contributed by atoms with Gasteiger partial charge in [0.2, 0.25) is 0 Å².